The quantitative estimate of drug-likeness (QED) is 0.228. The third kappa shape index (κ3) is 6.42. The van der Waals surface area contributed by atoms with Crippen molar-refractivity contribution in [3.8, 4) is 23.2 Å². The molecule has 5 heterocycles. The van der Waals surface area contributed by atoms with Crippen molar-refractivity contribution in [2.75, 3.05) is 23.3 Å². The Balaban J connectivity index is 1.26. The number of aromatic nitrogens is 7. The average molecular weight is 626 g/mol. The van der Waals surface area contributed by atoms with Gasteiger partial charge in [-0.15, -0.1) is 13.2 Å². The molecule has 6 rings (SSSR count). The van der Waals surface area contributed by atoms with Gasteiger partial charge in [-0.1, -0.05) is 11.8 Å². The van der Waals surface area contributed by atoms with Crippen LogP contribution in [0.2, 0.25) is 0 Å². The van der Waals surface area contributed by atoms with Crippen molar-refractivity contribution >= 4 is 33.6 Å². The zero-order valence-electron chi connectivity index (χ0n) is 23.1. The molecule has 1 aliphatic heterocycles. The first-order chi connectivity index (χ1) is 21.1. The van der Waals surface area contributed by atoms with Crippen LogP contribution < -0.4 is 10.2 Å². The van der Waals surface area contributed by atoms with Crippen molar-refractivity contribution in [2.45, 2.75) is 43.7 Å². The zero-order valence-corrected chi connectivity index (χ0v) is 24.0. The van der Waals surface area contributed by atoms with Crippen LogP contribution >= 0.6 is 0 Å². The molecule has 44 heavy (non-hydrogen) atoms. The minimum Gasteiger partial charge on any atom is -0.370 e. The second-order valence-corrected chi connectivity index (χ2v) is 12.6. The highest BCUT2D eigenvalue weighted by atomic mass is 32.2. The number of anilines is 3. The summed E-state index contributed by atoms with van der Waals surface area (Å²) in [6.45, 7) is 1.32. The number of rotatable bonds is 8. The van der Waals surface area contributed by atoms with Gasteiger partial charge in [0.05, 0.1) is 46.2 Å². The summed E-state index contributed by atoms with van der Waals surface area (Å²) in [5, 5.41) is 10.1. The minimum absolute atomic E-state index is 0.0990. The molecule has 228 valence electrons. The van der Waals surface area contributed by atoms with Gasteiger partial charge in [0.2, 0.25) is 0 Å². The van der Waals surface area contributed by atoms with E-state index >= 15 is 0 Å². The first-order valence-corrected chi connectivity index (χ1v) is 15.3. The zero-order chi connectivity index (χ0) is 30.9. The molecule has 4 aromatic rings. The lowest BCUT2D eigenvalue weighted by atomic mass is 9.93. The topological polar surface area (TPSA) is 141 Å². The number of hydrogen-bond acceptors (Lipinski definition) is 10. The Morgan fingerprint density at radius 1 is 1.00 bits per heavy atom. The van der Waals surface area contributed by atoms with E-state index in [0.29, 0.717) is 55.1 Å². The number of pyridine rings is 1. The monoisotopic (exact) mass is 625 g/mol. The summed E-state index contributed by atoms with van der Waals surface area (Å²) < 4.78 is 64.7. The van der Waals surface area contributed by atoms with Crippen LogP contribution in [0.5, 0.6) is 0 Å². The molecule has 0 aromatic carbocycles. The van der Waals surface area contributed by atoms with Gasteiger partial charge in [0.25, 0.3) is 10.0 Å². The van der Waals surface area contributed by atoms with Crippen molar-refractivity contribution in [1.82, 2.24) is 33.9 Å². The Morgan fingerprint density at radius 2 is 1.80 bits per heavy atom. The Morgan fingerprint density at radius 3 is 2.50 bits per heavy atom. The maximum Gasteiger partial charge on any atom is 0.504 e. The van der Waals surface area contributed by atoms with Gasteiger partial charge in [0.15, 0.2) is 5.82 Å². The van der Waals surface area contributed by atoms with Gasteiger partial charge in [-0.25, -0.2) is 23.4 Å². The van der Waals surface area contributed by atoms with E-state index < -0.39 is 21.6 Å². The van der Waals surface area contributed by atoms with E-state index in [4.69, 9.17) is 0 Å². The molecule has 12 nitrogen and oxygen atoms in total. The molecule has 16 heteroatoms. The first kappa shape index (κ1) is 29.3. The predicted molar refractivity (Wildman–Crippen MR) is 153 cm³/mol. The number of carbonyl (C=O) groups excluding carboxylic acids is 1. The maximum atomic E-state index is 13.0. The number of carbonyl (C=O) groups is 1. The predicted octanol–water partition coefficient (Wildman–Crippen LogP) is 3.70. The third-order valence-electron chi connectivity index (χ3n) is 7.39. The van der Waals surface area contributed by atoms with Gasteiger partial charge in [0.1, 0.15) is 17.9 Å². The van der Waals surface area contributed by atoms with Crippen LogP contribution in [0.4, 0.5) is 30.5 Å². The molecular formula is C28H26F3N9O3S. The number of halogens is 3. The van der Waals surface area contributed by atoms with E-state index in [1.54, 1.807) is 12.1 Å². The molecule has 0 unspecified atom stereocenters. The highest BCUT2D eigenvalue weighted by Crippen LogP contribution is 2.31. The lowest BCUT2D eigenvalue weighted by molar-refractivity contribution is -0.212. The van der Waals surface area contributed by atoms with Gasteiger partial charge >= 0.3 is 6.30 Å². The van der Waals surface area contributed by atoms with Gasteiger partial charge in [-0.05, 0) is 37.7 Å². The lowest BCUT2D eigenvalue weighted by Crippen LogP contribution is -2.34. The number of hydrogen-bond donors (Lipinski definition) is 1. The number of nitrogens with zero attached hydrogens (tertiary/aromatic N) is 8. The second-order valence-electron chi connectivity index (χ2n) is 10.5. The number of piperidine rings is 1. The van der Waals surface area contributed by atoms with Gasteiger partial charge in [-0.2, -0.15) is 19.0 Å². The largest absolute Gasteiger partial charge is 0.504 e. The summed E-state index contributed by atoms with van der Waals surface area (Å²) >= 11 is 0. The molecule has 2 fully saturated rings. The molecule has 2 aliphatic rings. The molecular weight excluding hydrogens is 599 g/mol. The maximum absolute atomic E-state index is 13.0. The van der Waals surface area contributed by atoms with Gasteiger partial charge in [-0.3, -0.25) is 0 Å². The van der Waals surface area contributed by atoms with E-state index in [2.05, 4.69) is 47.2 Å². The standard InChI is InChI=1S/C28H26F3N9O3S/c29-28(30,31)39-17-20(14-34-39)1-2-21-15-33-26(13-24(21)38-10-6-19(7-11-38)8-12-41)36-25-5-9-32-27(37-25)22-16-35-40(18-22)44(42,43)23-3-4-23/h5,9,12-19,23H,3-4,6-8,10-11H2,(H,32,33,36,37). The molecule has 0 spiro atoms. The SMILES string of the molecule is O=CCC1CCN(c2cc(Nc3ccnc(-c4cnn(S(=O)(=O)C5CC5)c4)n3)ncc2C#Cc2cnn(C(F)(F)F)c2)CC1. The van der Waals surface area contributed by atoms with Crippen LogP contribution in [-0.2, 0) is 21.1 Å². The molecule has 1 saturated heterocycles. The Labute approximate surface area is 250 Å². The van der Waals surface area contributed by atoms with Crippen LogP contribution in [0, 0.1) is 17.8 Å². The molecule has 0 amide bonds. The third-order valence-corrected chi connectivity index (χ3v) is 9.42. The molecule has 1 saturated carbocycles. The molecule has 0 bridgehead atoms. The molecule has 1 aliphatic carbocycles. The summed E-state index contributed by atoms with van der Waals surface area (Å²) in [5.74, 6) is 7.06. The van der Waals surface area contributed by atoms with Crippen LogP contribution in [-0.4, -0.2) is 67.0 Å². The first-order valence-electron chi connectivity index (χ1n) is 13.8. The van der Waals surface area contributed by atoms with Crippen molar-refractivity contribution in [3.05, 3.63) is 60.4 Å². The van der Waals surface area contributed by atoms with E-state index in [-0.39, 0.29) is 22.0 Å². The smallest absolute Gasteiger partial charge is 0.370 e. The van der Waals surface area contributed by atoms with Crippen molar-refractivity contribution in [1.29, 1.82) is 0 Å². The summed E-state index contributed by atoms with van der Waals surface area (Å²) in [6.07, 6.45) is 7.34. The van der Waals surface area contributed by atoms with E-state index in [0.717, 1.165) is 41.3 Å². The molecule has 0 atom stereocenters. The number of aldehydes is 1. The highest BCUT2D eigenvalue weighted by Gasteiger charge is 2.37. The minimum atomic E-state index is -4.64. The molecule has 0 radical (unpaired) electrons. The fourth-order valence-corrected chi connectivity index (χ4v) is 6.34. The summed E-state index contributed by atoms with van der Waals surface area (Å²) in [4.78, 5) is 26.3. The number of alkyl halides is 3. The fourth-order valence-electron chi connectivity index (χ4n) is 4.86. The van der Waals surface area contributed by atoms with Crippen LogP contribution in [0.15, 0.2) is 49.3 Å². The highest BCUT2D eigenvalue weighted by molar-refractivity contribution is 7.90. The van der Waals surface area contributed by atoms with Crippen molar-refractivity contribution < 1.29 is 26.4 Å². The second kappa shape index (κ2) is 11.7. The van der Waals surface area contributed by atoms with E-state index in [1.807, 2.05) is 0 Å². The fraction of sp³-hybridized carbons (Fsp3) is 0.357. The van der Waals surface area contributed by atoms with Gasteiger partial charge < -0.3 is 15.0 Å². The van der Waals surface area contributed by atoms with E-state index in [9.17, 15) is 26.4 Å². The normalized spacial score (nSPS) is 15.9. The number of nitrogens with one attached hydrogen (secondary N) is 1. The van der Waals surface area contributed by atoms with Crippen molar-refractivity contribution in [3.63, 3.8) is 0 Å². The average Bonchev–Trinajstić information content (AvgIpc) is 3.54. The Hall–Kier alpha value is -4.78. The lowest BCUT2D eigenvalue weighted by Gasteiger charge is -2.33. The van der Waals surface area contributed by atoms with Crippen LogP contribution in [0.25, 0.3) is 11.4 Å². The summed E-state index contributed by atoms with van der Waals surface area (Å²) in [5.41, 5.74) is 1.77. The summed E-state index contributed by atoms with van der Waals surface area (Å²) in [7, 11) is -3.53. The van der Waals surface area contributed by atoms with E-state index in [1.165, 1.54) is 24.8 Å². The van der Waals surface area contributed by atoms with Gasteiger partial charge in [0, 0.05) is 44.2 Å². The van der Waals surface area contributed by atoms with Crippen LogP contribution in [0.1, 0.15) is 43.2 Å². The van der Waals surface area contributed by atoms with Crippen LogP contribution in [0.3, 0.4) is 0 Å². The molecule has 4 aromatic heterocycles. The summed E-state index contributed by atoms with van der Waals surface area (Å²) in [6, 6.07) is 3.42. The Bertz CT molecular complexity index is 1850. The van der Waals surface area contributed by atoms with Crippen molar-refractivity contribution in [2.24, 2.45) is 5.92 Å². The Kier molecular flexibility index (Phi) is 7.80. The molecule has 1 N–H and O–H groups in total.